The van der Waals surface area contributed by atoms with Crippen LogP contribution in [0, 0.1) is 0 Å². The van der Waals surface area contributed by atoms with E-state index < -0.39 is 5.60 Å². The van der Waals surface area contributed by atoms with Crippen molar-refractivity contribution in [3.05, 3.63) is 47.8 Å². The van der Waals surface area contributed by atoms with Crippen LogP contribution in [0.15, 0.2) is 36.7 Å². The van der Waals surface area contributed by atoms with Gasteiger partial charge in [-0.2, -0.15) is 5.10 Å². The molecule has 0 aliphatic heterocycles. The second-order valence-electron chi connectivity index (χ2n) is 5.54. The predicted octanol–water partition coefficient (Wildman–Crippen LogP) is 2.01. The topological polar surface area (TPSA) is 79.2 Å². The molecular weight excluding hydrogens is 280 g/mol. The number of urea groups is 1. The van der Waals surface area contributed by atoms with E-state index in [-0.39, 0.29) is 12.6 Å². The highest BCUT2D eigenvalue weighted by molar-refractivity contribution is 5.89. The summed E-state index contributed by atoms with van der Waals surface area (Å²) in [6.07, 6.45) is 4.22. The fourth-order valence-electron chi connectivity index (χ4n) is 2.10. The maximum absolute atomic E-state index is 11.9. The lowest BCUT2D eigenvalue weighted by atomic mass is 10.00. The fourth-order valence-corrected chi connectivity index (χ4v) is 2.10. The summed E-state index contributed by atoms with van der Waals surface area (Å²) in [5, 5.41) is 19.9. The van der Waals surface area contributed by atoms with Crippen LogP contribution in [0.25, 0.3) is 0 Å². The largest absolute Gasteiger partial charge is 0.383 e. The van der Waals surface area contributed by atoms with Crippen molar-refractivity contribution in [2.24, 2.45) is 7.05 Å². The number of aryl methyl sites for hydroxylation is 2. The monoisotopic (exact) mass is 302 g/mol. The van der Waals surface area contributed by atoms with E-state index in [1.807, 2.05) is 24.3 Å². The van der Waals surface area contributed by atoms with Crippen molar-refractivity contribution < 1.29 is 9.90 Å². The standard InChI is InChI=1S/C16H22N4O2/c1-4-12-6-5-7-14(8-12)19-15(21)17-11-16(2,22)13-9-18-20(3)10-13/h5-10,22H,4,11H2,1-3H3,(H2,17,19,21). The summed E-state index contributed by atoms with van der Waals surface area (Å²) in [6, 6.07) is 7.32. The summed E-state index contributed by atoms with van der Waals surface area (Å²) in [5.41, 5.74) is 1.37. The average Bonchev–Trinajstić information content (AvgIpc) is 2.93. The summed E-state index contributed by atoms with van der Waals surface area (Å²) in [5.74, 6) is 0. The van der Waals surface area contributed by atoms with E-state index in [2.05, 4.69) is 22.7 Å². The molecule has 0 saturated carbocycles. The van der Waals surface area contributed by atoms with Crippen LogP contribution in [-0.2, 0) is 19.1 Å². The quantitative estimate of drug-likeness (QED) is 0.790. The SMILES string of the molecule is CCc1cccc(NC(=O)NCC(C)(O)c2cnn(C)c2)c1. The number of aliphatic hydroxyl groups is 1. The molecule has 2 amide bonds. The summed E-state index contributed by atoms with van der Waals surface area (Å²) in [4.78, 5) is 11.9. The van der Waals surface area contributed by atoms with Gasteiger partial charge in [-0.15, -0.1) is 0 Å². The number of anilines is 1. The first-order valence-electron chi connectivity index (χ1n) is 7.26. The molecule has 1 heterocycles. The van der Waals surface area contributed by atoms with Crippen molar-refractivity contribution in [1.82, 2.24) is 15.1 Å². The van der Waals surface area contributed by atoms with Gasteiger partial charge in [0.15, 0.2) is 0 Å². The van der Waals surface area contributed by atoms with Crippen molar-refractivity contribution in [2.75, 3.05) is 11.9 Å². The second kappa shape index (κ2) is 6.62. The highest BCUT2D eigenvalue weighted by atomic mass is 16.3. The average molecular weight is 302 g/mol. The molecule has 2 aromatic rings. The molecule has 2 rings (SSSR count). The Balaban J connectivity index is 1.92. The van der Waals surface area contributed by atoms with E-state index >= 15 is 0 Å². The van der Waals surface area contributed by atoms with Crippen molar-refractivity contribution in [3.63, 3.8) is 0 Å². The number of hydrogen-bond donors (Lipinski definition) is 3. The molecule has 0 aliphatic rings. The number of benzene rings is 1. The molecule has 3 N–H and O–H groups in total. The Labute approximate surface area is 130 Å². The highest BCUT2D eigenvalue weighted by Crippen LogP contribution is 2.18. The van der Waals surface area contributed by atoms with Gasteiger partial charge in [-0.25, -0.2) is 4.79 Å². The minimum Gasteiger partial charge on any atom is -0.383 e. The molecule has 1 aromatic carbocycles. The van der Waals surface area contributed by atoms with Gasteiger partial charge in [-0.1, -0.05) is 19.1 Å². The van der Waals surface area contributed by atoms with Gasteiger partial charge in [0.05, 0.1) is 12.7 Å². The predicted molar refractivity (Wildman–Crippen MR) is 85.6 cm³/mol. The van der Waals surface area contributed by atoms with Crippen LogP contribution in [0.2, 0.25) is 0 Å². The Morgan fingerprint density at radius 2 is 2.23 bits per heavy atom. The van der Waals surface area contributed by atoms with Crippen molar-refractivity contribution in [1.29, 1.82) is 0 Å². The number of rotatable bonds is 5. The van der Waals surface area contributed by atoms with Gasteiger partial charge in [-0.3, -0.25) is 4.68 Å². The van der Waals surface area contributed by atoms with E-state index in [1.54, 1.807) is 31.0 Å². The van der Waals surface area contributed by atoms with Gasteiger partial charge in [0.25, 0.3) is 0 Å². The van der Waals surface area contributed by atoms with E-state index in [0.29, 0.717) is 5.56 Å². The molecule has 0 fully saturated rings. The summed E-state index contributed by atoms with van der Waals surface area (Å²) in [7, 11) is 1.78. The van der Waals surface area contributed by atoms with Gasteiger partial charge in [-0.05, 0) is 31.0 Å². The van der Waals surface area contributed by atoms with Gasteiger partial charge in [0, 0.05) is 24.5 Å². The van der Waals surface area contributed by atoms with Gasteiger partial charge in [0.2, 0.25) is 0 Å². The van der Waals surface area contributed by atoms with Crippen molar-refractivity contribution >= 4 is 11.7 Å². The Kier molecular flexibility index (Phi) is 4.82. The molecule has 0 spiro atoms. The smallest absolute Gasteiger partial charge is 0.319 e. The fraction of sp³-hybridized carbons (Fsp3) is 0.375. The van der Waals surface area contributed by atoms with Crippen LogP contribution >= 0.6 is 0 Å². The lowest BCUT2D eigenvalue weighted by molar-refractivity contribution is 0.0599. The number of carbonyl (C=O) groups is 1. The molecular formula is C16H22N4O2. The third-order valence-electron chi connectivity index (χ3n) is 3.51. The molecule has 1 aromatic heterocycles. The zero-order valence-electron chi connectivity index (χ0n) is 13.1. The van der Waals surface area contributed by atoms with Crippen LogP contribution in [0.1, 0.15) is 25.0 Å². The van der Waals surface area contributed by atoms with E-state index in [0.717, 1.165) is 17.7 Å². The third kappa shape index (κ3) is 4.08. The normalized spacial score (nSPS) is 13.5. The zero-order valence-corrected chi connectivity index (χ0v) is 13.1. The summed E-state index contributed by atoms with van der Waals surface area (Å²) < 4.78 is 1.61. The van der Waals surface area contributed by atoms with Gasteiger partial charge in [0.1, 0.15) is 5.60 Å². The zero-order chi connectivity index (χ0) is 16.2. The Morgan fingerprint density at radius 3 is 2.86 bits per heavy atom. The first-order valence-corrected chi connectivity index (χ1v) is 7.26. The molecule has 6 nitrogen and oxygen atoms in total. The number of aromatic nitrogens is 2. The molecule has 6 heteroatoms. The lowest BCUT2D eigenvalue weighted by Gasteiger charge is -2.22. The van der Waals surface area contributed by atoms with Crippen LogP contribution in [0.4, 0.5) is 10.5 Å². The minimum atomic E-state index is -1.17. The number of amides is 2. The molecule has 0 aliphatic carbocycles. The third-order valence-corrected chi connectivity index (χ3v) is 3.51. The number of hydrogen-bond acceptors (Lipinski definition) is 3. The first kappa shape index (κ1) is 16.0. The number of nitrogens with zero attached hydrogens (tertiary/aromatic N) is 2. The summed E-state index contributed by atoms with van der Waals surface area (Å²) >= 11 is 0. The summed E-state index contributed by atoms with van der Waals surface area (Å²) in [6.45, 7) is 3.80. The molecule has 22 heavy (non-hydrogen) atoms. The number of carbonyl (C=O) groups excluding carboxylic acids is 1. The Bertz CT molecular complexity index is 649. The van der Waals surface area contributed by atoms with E-state index in [9.17, 15) is 9.90 Å². The number of nitrogens with one attached hydrogen (secondary N) is 2. The Hall–Kier alpha value is -2.34. The molecule has 118 valence electrons. The Morgan fingerprint density at radius 1 is 1.45 bits per heavy atom. The van der Waals surface area contributed by atoms with Crippen LogP contribution in [0.3, 0.4) is 0 Å². The van der Waals surface area contributed by atoms with Crippen molar-refractivity contribution in [2.45, 2.75) is 25.9 Å². The first-order chi connectivity index (χ1) is 10.4. The van der Waals surface area contributed by atoms with Crippen molar-refractivity contribution in [3.8, 4) is 0 Å². The maximum Gasteiger partial charge on any atom is 0.319 e. The molecule has 0 radical (unpaired) electrons. The molecule has 1 unspecified atom stereocenters. The van der Waals surface area contributed by atoms with Crippen LogP contribution in [0.5, 0.6) is 0 Å². The van der Waals surface area contributed by atoms with Crippen LogP contribution < -0.4 is 10.6 Å². The molecule has 1 atom stereocenters. The maximum atomic E-state index is 11.9. The van der Waals surface area contributed by atoms with Gasteiger partial charge < -0.3 is 15.7 Å². The van der Waals surface area contributed by atoms with Gasteiger partial charge >= 0.3 is 6.03 Å². The minimum absolute atomic E-state index is 0.0952. The van der Waals surface area contributed by atoms with E-state index in [4.69, 9.17) is 0 Å². The molecule has 0 bridgehead atoms. The molecule has 0 saturated heterocycles. The lowest BCUT2D eigenvalue weighted by Crippen LogP contribution is -2.40. The van der Waals surface area contributed by atoms with E-state index in [1.165, 1.54) is 0 Å². The van der Waals surface area contributed by atoms with Crippen LogP contribution in [-0.4, -0.2) is 27.5 Å². The highest BCUT2D eigenvalue weighted by Gasteiger charge is 2.25. The second-order valence-corrected chi connectivity index (χ2v) is 5.54.